The van der Waals surface area contributed by atoms with Gasteiger partial charge in [-0.3, -0.25) is 37.3 Å². The van der Waals surface area contributed by atoms with Crippen molar-refractivity contribution < 1.29 is 80.2 Å². The molecular formula is C76H148O17P2. The number of carbonyl (C=O) groups excluding carboxylic acids is 4. The fourth-order valence-electron chi connectivity index (χ4n) is 11.7. The zero-order chi connectivity index (χ0) is 70.0. The molecule has 0 radical (unpaired) electrons. The van der Waals surface area contributed by atoms with Gasteiger partial charge in [-0.1, -0.05) is 343 Å². The summed E-state index contributed by atoms with van der Waals surface area (Å²) in [5.41, 5.74) is 0. The van der Waals surface area contributed by atoms with E-state index in [1.165, 1.54) is 212 Å². The molecule has 3 N–H and O–H groups in total. The summed E-state index contributed by atoms with van der Waals surface area (Å²) in [6.07, 6.45) is 55.3. The number of hydrogen-bond acceptors (Lipinski definition) is 15. The second-order valence-corrected chi connectivity index (χ2v) is 31.3. The number of aliphatic hydroxyl groups excluding tert-OH is 1. The van der Waals surface area contributed by atoms with Crippen LogP contribution in [0.5, 0.6) is 0 Å². The number of unbranched alkanes of at least 4 members (excludes halogenated alkanes) is 45. The van der Waals surface area contributed by atoms with E-state index in [4.69, 9.17) is 37.0 Å². The van der Waals surface area contributed by atoms with Crippen LogP contribution in [-0.4, -0.2) is 96.7 Å². The van der Waals surface area contributed by atoms with Gasteiger partial charge in [-0.05, 0) is 37.5 Å². The van der Waals surface area contributed by atoms with Gasteiger partial charge in [-0.25, -0.2) is 9.13 Å². The molecule has 0 aliphatic heterocycles. The first kappa shape index (κ1) is 93.1. The summed E-state index contributed by atoms with van der Waals surface area (Å²) >= 11 is 0. The summed E-state index contributed by atoms with van der Waals surface area (Å²) in [6, 6.07) is 0. The molecule has 0 amide bonds. The molecule has 0 bridgehead atoms. The van der Waals surface area contributed by atoms with Crippen LogP contribution in [-0.2, 0) is 65.4 Å². The second-order valence-electron chi connectivity index (χ2n) is 28.3. The van der Waals surface area contributed by atoms with Gasteiger partial charge in [0.1, 0.15) is 19.3 Å². The smallest absolute Gasteiger partial charge is 0.462 e. The van der Waals surface area contributed by atoms with Crippen LogP contribution in [0.3, 0.4) is 0 Å². The number of phosphoric acid groups is 2. The molecule has 0 saturated carbocycles. The van der Waals surface area contributed by atoms with E-state index in [-0.39, 0.29) is 25.7 Å². The Balaban J connectivity index is 5.27. The Kier molecular flexibility index (Phi) is 66.5. The predicted octanol–water partition coefficient (Wildman–Crippen LogP) is 22.3. The van der Waals surface area contributed by atoms with Crippen LogP contribution >= 0.6 is 15.6 Å². The van der Waals surface area contributed by atoms with Gasteiger partial charge in [-0.15, -0.1) is 0 Å². The highest BCUT2D eigenvalue weighted by Crippen LogP contribution is 2.45. The number of aliphatic hydroxyl groups is 1. The number of esters is 4. The van der Waals surface area contributed by atoms with Crippen molar-refractivity contribution in [3.05, 3.63) is 0 Å². The van der Waals surface area contributed by atoms with Gasteiger partial charge >= 0.3 is 39.5 Å². The lowest BCUT2D eigenvalue weighted by Crippen LogP contribution is -2.30. The quantitative estimate of drug-likeness (QED) is 0.0222. The van der Waals surface area contributed by atoms with Crippen molar-refractivity contribution in [1.82, 2.24) is 0 Å². The maximum absolute atomic E-state index is 13.1. The molecule has 0 saturated heterocycles. The first-order valence-corrected chi connectivity index (χ1v) is 42.5. The van der Waals surface area contributed by atoms with Crippen molar-refractivity contribution in [2.24, 2.45) is 11.8 Å². The molecule has 0 aromatic heterocycles. The number of phosphoric ester groups is 2. The Bertz CT molecular complexity index is 1840. The molecule has 95 heavy (non-hydrogen) atoms. The predicted molar refractivity (Wildman–Crippen MR) is 386 cm³/mol. The van der Waals surface area contributed by atoms with Crippen molar-refractivity contribution in [2.45, 2.75) is 413 Å². The van der Waals surface area contributed by atoms with Crippen molar-refractivity contribution in [3.63, 3.8) is 0 Å². The molecule has 2 unspecified atom stereocenters. The molecule has 5 atom stereocenters. The second kappa shape index (κ2) is 67.9. The third kappa shape index (κ3) is 70.3. The highest BCUT2D eigenvalue weighted by Gasteiger charge is 2.30. The number of carbonyl (C=O) groups is 4. The molecule has 564 valence electrons. The van der Waals surface area contributed by atoms with Crippen LogP contribution in [0.1, 0.15) is 395 Å². The van der Waals surface area contributed by atoms with Gasteiger partial charge in [0, 0.05) is 25.7 Å². The fourth-order valence-corrected chi connectivity index (χ4v) is 13.2. The molecule has 0 fully saturated rings. The van der Waals surface area contributed by atoms with Crippen LogP contribution in [0.2, 0.25) is 0 Å². The average molecular weight is 1400 g/mol. The summed E-state index contributed by atoms with van der Waals surface area (Å²) in [5.74, 6) is -0.588. The highest BCUT2D eigenvalue weighted by molar-refractivity contribution is 7.47. The molecule has 0 heterocycles. The number of ether oxygens (including phenoxy) is 4. The van der Waals surface area contributed by atoms with Crippen molar-refractivity contribution >= 4 is 39.5 Å². The molecule has 17 nitrogen and oxygen atoms in total. The normalized spacial score (nSPS) is 14.0. The summed E-state index contributed by atoms with van der Waals surface area (Å²) in [6.45, 7) is 9.60. The van der Waals surface area contributed by atoms with E-state index < -0.39 is 97.5 Å². The van der Waals surface area contributed by atoms with Crippen LogP contribution in [0.25, 0.3) is 0 Å². The Labute approximate surface area is 581 Å². The standard InChI is InChI=1S/C76H148O17P2/c1-7-9-11-13-15-17-19-21-23-27-34-40-46-52-58-73(78)86-64-71(93-76(81)61-55-49-43-37-29-25-26-32-38-44-50-56-68(3)4)66-90-94(82,83)88-62-70(77)63-89-95(84,85)91-67-72(65-87-74(79)59-53-47-41-35-31-30-33-39-45-51-57-69(5)6)92-75(80)60-54-48-42-36-28-24-22-20-18-16-14-12-10-8-2/h68-72,77H,7-67H2,1-6H3,(H,82,83)(H,84,85)/t70-,71-,72-/m1/s1. The number of hydrogen-bond donors (Lipinski definition) is 3. The van der Waals surface area contributed by atoms with E-state index in [1.807, 2.05) is 0 Å². The van der Waals surface area contributed by atoms with E-state index in [1.54, 1.807) is 0 Å². The molecule has 0 aliphatic carbocycles. The summed E-state index contributed by atoms with van der Waals surface area (Å²) in [5, 5.41) is 10.6. The van der Waals surface area contributed by atoms with Crippen molar-refractivity contribution in [3.8, 4) is 0 Å². The van der Waals surface area contributed by atoms with Gasteiger partial charge in [0.15, 0.2) is 12.2 Å². The maximum Gasteiger partial charge on any atom is 0.472 e. The topological polar surface area (TPSA) is 237 Å². The summed E-state index contributed by atoms with van der Waals surface area (Å²) < 4.78 is 68.6. The largest absolute Gasteiger partial charge is 0.472 e. The van der Waals surface area contributed by atoms with E-state index in [9.17, 15) is 43.2 Å². The SMILES string of the molecule is CCCCCCCCCCCCCCCCC(=O)OC[C@H](COP(=O)(O)OC[C@@H](O)COP(=O)(O)OC[C@@H](COC(=O)CCCCCCCCCCCCC(C)C)OC(=O)CCCCCCCCCCCCCCCC)OC(=O)CCCCCCCCCCCCCC(C)C. The molecular weight excluding hydrogens is 1250 g/mol. The van der Waals surface area contributed by atoms with E-state index >= 15 is 0 Å². The minimum absolute atomic E-state index is 0.107. The van der Waals surface area contributed by atoms with Crippen LogP contribution < -0.4 is 0 Å². The monoisotopic (exact) mass is 1400 g/mol. The molecule has 0 aromatic rings. The molecule has 0 rings (SSSR count). The van der Waals surface area contributed by atoms with E-state index in [2.05, 4.69) is 41.5 Å². The van der Waals surface area contributed by atoms with Crippen LogP contribution in [0.15, 0.2) is 0 Å². The maximum atomic E-state index is 13.1. The minimum atomic E-state index is -4.96. The lowest BCUT2D eigenvalue weighted by Gasteiger charge is -2.21. The third-order valence-corrected chi connectivity index (χ3v) is 19.6. The molecule has 0 aliphatic rings. The van der Waals surface area contributed by atoms with Gasteiger partial charge in [0.2, 0.25) is 0 Å². The highest BCUT2D eigenvalue weighted by atomic mass is 31.2. The van der Waals surface area contributed by atoms with E-state index in [0.29, 0.717) is 25.7 Å². The third-order valence-electron chi connectivity index (χ3n) is 17.7. The zero-order valence-corrected chi connectivity index (χ0v) is 63.8. The zero-order valence-electron chi connectivity index (χ0n) is 62.0. The van der Waals surface area contributed by atoms with Crippen molar-refractivity contribution in [2.75, 3.05) is 39.6 Å². The van der Waals surface area contributed by atoms with Crippen molar-refractivity contribution in [1.29, 1.82) is 0 Å². The Morgan fingerprint density at radius 1 is 0.284 bits per heavy atom. The molecule has 0 spiro atoms. The lowest BCUT2D eigenvalue weighted by atomic mass is 10.0. The molecule has 0 aromatic carbocycles. The number of rotatable bonds is 75. The summed E-state index contributed by atoms with van der Waals surface area (Å²) in [4.78, 5) is 72.9. The van der Waals surface area contributed by atoms with Gasteiger partial charge < -0.3 is 33.8 Å². The first-order chi connectivity index (χ1) is 45.9. The van der Waals surface area contributed by atoms with Crippen LogP contribution in [0, 0.1) is 11.8 Å². The van der Waals surface area contributed by atoms with Gasteiger partial charge in [0.25, 0.3) is 0 Å². The van der Waals surface area contributed by atoms with Crippen LogP contribution in [0.4, 0.5) is 0 Å². The minimum Gasteiger partial charge on any atom is -0.462 e. The van der Waals surface area contributed by atoms with Gasteiger partial charge in [0.05, 0.1) is 26.4 Å². The Morgan fingerprint density at radius 3 is 0.716 bits per heavy atom. The van der Waals surface area contributed by atoms with E-state index in [0.717, 1.165) is 102 Å². The van der Waals surface area contributed by atoms with Gasteiger partial charge in [-0.2, -0.15) is 0 Å². The first-order valence-electron chi connectivity index (χ1n) is 39.5. The average Bonchev–Trinajstić information content (AvgIpc) is 1.22. The summed E-state index contributed by atoms with van der Waals surface area (Å²) in [7, 11) is -9.91. The Hall–Kier alpha value is -1.94. The lowest BCUT2D eigenvalue weighted by molar-refractivity contribution is -0.161. The molecule has 19 heteroatoms. The fraction of sp³-hybridized carbons (Fsp3) is 0.947. The Morgan fingerprint density at radius 2 is 0.484 bits per heavy atom.